The molecule has 180 valence electrons. The van der Waals surface area contributed by atoms with E-state index in [1.165, 1.54) is 0 Å². The SMILES string of the molecule is CN(C)c1ccc(C(=O)NCCCCn2cc(-c3ccccc3)c3ccc(C(=O)O)cc32)c(O)c1. The molecule has 0 aliphatic carbocycles. The highest BCUT2D eigenvalue weighted by atomic mass is 16.4. The Morgan fingerprint density at radius 2 is 1.74 bits per heavy atom. The molecule has 0 unspecified atom stereocenters. The monoisotopic (exact) mass is 471 g/mol. The highest BCUT2D eigenvalue weighted by Gasteiger charge is 2.14. The third kappa shape index (κ3) is 5.30. The van der Waals surface area contributed by atoms with Crippen LogP contribution >= 0.6 is 0 Å². The number of aromatic carboxylic acids is 1. The zero-order valence-electron chi connectivity index (χ0n) is 19.9. The van der Waals surface area contributed by atoms with Crippen LogP contribution in [0.25, 0.3) is 22.0 Å². The molecule has 1 heterocycles. The van der Waals surface area contributed by atoms with Gasteiger partial charge >= 0.3 is 5.97 Å². The lowest BCUT2D eigenvalue weighted by Gasteiger charge is -2.14. The summed E-state index contributed by atoms with van der Waals surface area (Å²) in [5.41, 5.74) is 4.33. The number of phenols is 1. The topological polar surface area (TPSA) is 94.8 Å². The van der Waals surface area contributed by atoms with Crippen LogP contribution < -0.4 is 10.2 Å². The van der Waals surface area contributed by atoms with Crippen molar-refractivity contribution in [3.8, 4) is 16.9 Å². The fourth-order valence-electron chi connectivity index (χ4n) is 4.15. The van der Waals surface area contributed by atoms with Gasteiger partial charge in [0.25, 0.3) is 5.91 Å². The molecule has 3 aromatic carbocycles. The Hall–Kier alpha value is -4.26. The standard InChI is InChI=1S/C28H29N3O4/c1-30(2)21-11-13-23(26(32)17-21)27(33)29-14-6-7-15-31-18-24(19-8-4-3-5-9-19)22-12-10-20(28(34)35)16-25(22)31/h3-5,8-13,16-18,32H,6-7,14-15H2,1-2H3,(H,29,33)(H,34,35). The third-order valence-electron chi connectivity index (χ3n) is 6.07. The van der Waals surface area contributed by atoms with Crippen LogP contribution in [-0.4, -0.2) is 47.3 Å². The van der Waals surface area contributed by atoms with Crippen LogP contribution in [0.5, 0.6) is 5.75 Å². The van der Waals surface area contributed by atoms with Crippen LogP contribution in [0.4, 0.5) is 5.69 Å². The molecule has 0 bridgehead atoms. The van der Waals surface area contributed by atoms with Crippen molar-refractivity contribution in [2.75, 3.05) is 25.5 Å². The molecule has 0 saturated carbocycles. The van der Waals surface area contributed by atoms with E-state index in [1.54, 1.807) is 30.3 Å². The smallest absolute Gasteiger partial charge is 0.335 e. The van der Waals surface area contributed by atoms with Crippen molar-refractivity contribution in [3.05, 3.63) is 84.1 Å². The fourth-order valence-corrected chi connectivity index (χ4v) is 4.15. The van der Waals surface area contributed by atoms with Crippen molar-refractivity contribution >= 4 is 28.5 Å². The van der Waals surface area contributed by atoms with Crippen molar-refractivity contribution in [2.24, 2.45) is 0 Å². The van der Waals surface area contributed by atoms with Crippen LogP contribution in [-0.2, 0) is 6.54 Å². The lowest BCUT2D eigenvalue weighted by atomic mass is 10.0. The number of nitrogens with zero attached hydrogens (tertiary/aromatic N) is 2. The number of aryl methyl sites for hydroxylation is 1. The average molecular weight is 472 g/mol. The van der Waals surface area contributed by atoms with E-state index in [0.717, 1.165) is 40.6 Å². The second-order valence-electron chi connectivity index (χ2n) is 8.70. The minimum atomic E-state index is -0.953. The highest BCUT2D eigenvalue weighted by molar-refractivity contribution is 6.00. The molecular formula is C28H29N3O4. The maximum absolute atomic E-state index is 12.5. The van der Waals surface area contributed by atoms with Crippen LogP contribution in [0.3, 0.4) is 0 Å². The minimum Gasteiger partial charge on any atom is -0.507 e. The first-order chi connectivity index (χ1) is 16.8. The Balaban J connectivity index is 1.42. The largest absolute Gasteiger partial charge is 0.507 e. The fraction of sp³-hybridized carbons (Fsp3) is 0.214. The number of carbonyl (C=O) groups is 2. The zero-order chi connectivity index (χ0) is 24.9. The van der Waals surface area contributed by atoms with Gasteiger partial charge < -0.3 is 25.0 Å². The Bertz CT molecular complexity index is 1360. The molecule has 0 saturated heterocycles. The number of hydrogen-bond donors (Lipinski definition) is 3. The van der Waals surface area contributed by atoms with E-state index >= 15 is 0 Å². The molecular weight excluding hydrogens is 442 g/mol. The summed E-state index contributed by atoms with van der Waals surface area (Å²) in [7, 11) is 3.74. The summed E-state index contributed by atoms with van der Waals surface area (Å²) < 4.78 is 2.08. The number of nitrogens with one attached hydrogen (secondary N) is 1. The van der Waals surface area contributed by atoms with Crippen molar-refractivity contribution < 1.29 is 19.8 Å². The van der Waals surface area contributed by atoms with E-state index in [0.29, 0.717) is 13.1 Å². The highest BCUT2D eigenvalue weighted by Crippen LogP contribution is 2.31. The Morgan fingerprint density at radius 1 is 0.971 bits per heavy atom. The van der Waals surface area contributed by atoms with Gasteiger partial charge in [0.1, 0.15) is 5.75 Å². The molecule has 7 heteroatoms. The van der Waals surface area contributed by atoms with Gasteiger partial charge in [0.2, 0.25) is 0 Å². The maximum Gasteiger partial charge on any atom is 0.335 e. The second kappa shape index (κ2) is 10.3. The molecule has 0 radical (unpaired) electrons. The molecule has 0 aliphatic heterocycles. The lowest BCUT2D eigenvalue weighted by molar-refractivity contribution is 0.0696. The molecule has 0 spiro atoms. The molecule has 1 aromatic heterocycles. The Kier molecular flexibility index (Phi) is 7.06. The molecule has 4 rings (SSSR count). The van der Waals surface area contributed by atoms with Gasteiger partial charge in [-0.2, -0.15) is 0 Å². The first-order valence-electron chi connectivity index (χ1n) is 11.6. The number of aromatic hydroxyl groups is 1. The van der Waals surface area contributed by atoms with E-state index in [1.807, 2.05) is 55.4 Å². The van der Waals surface area contributed by atoms with E-state index in [-0.39, 0.29) is 22.8 Å². The van der Waals surface area contributed by atoms with Crippen molar-refractivity contribution in [3.63, 3.8) is 0 Å². The summed E-state index contributed by atoms with van der Waals surface area (Å²) in [6.45, 7) is 1.16. The number of carbonyl (C=O) groups excluding carboxylic acids is 1. The summed E-state index contributed by atoms with van der Waals surface area (Å²) in [6.07, 6.45) is 3.59. The van der Waals surface area contributed by atoms with Gasteiger partial charge in [0, 0.05) is 61.6 Å². The van der Waals surface area contributed by atoms with Gasteiger partial charge in [-0.15, -0.1) is 0 Å². The average Bonchev–Trinajstić information content (AvgIpc) is 3.22. The normalized spacial score (nSPS) is 10.9. The van der Waals surface area contributed by atoms with E-state index in [9.17, 15) is 19.8 Å². The van der Waals surface area contributed by atoms with Gasteiger partial charge in [-0.05, 0) is 42.7 Å². The van der Waals surface area contributed by atoms with E-state index in [4.69, 9.17) is 0 Å². The first kappa shape index (κ1) is 23.9. The van der Waals surface area contributed by atoms with Gasteiger partial charge in [-0.1, -0.05) is 36.4 Å². The first-order valence-corrected chi connectivity index (χ1v) is 11.6. The van der Waals surface area contributed by atoms with Crippen molar-refractivity contribution in [1.29, 1.82) is 0 Å². The molecule has 0 aliphatic rings. The van der Waals surface area contributed by atoms with Crippen LogP contribution in [0.2, 0.25) is 0 Å². The molecule has 1 amide bonds. The number of hydrogen-bond acceptors (Lipinski definition) is 4. The molecule has 0 fully saturated rings. The Labute approximate surface area is 204 Å². The molecule has 7 nitrogen and oxygen atoms in total. The number of amides is 1. The summed E-state index contributed by atoms with van der Waals surface area (Å²) in [5, 5.41) is 23.5. The third-order valence-corrected chi connectivity index (χ3v) is 6.07. The van der Waals surface area contributed by atoms with Crippen LogP contribution in [0.1, 0.15) is 33.6 Å². The van der Waals surface area contributed by atoms with Gasteiger partial charge in [0.05, 0.1) is 11.1 Å². The van der Waals surface area contributed by atoms with Crippen LogP contribution in [0.15, 0.2) is 72.9 Å². The molecule has 0 atom stereocenters. The number of carboxylic acids is 1. The van der Waals surface area contributed by atoms with E-state index in [2.05, 4.69) is 16.1 Å². The Morgan fingerprint density at radius 3 is 2.43 bits per heavy atom. The predicted molar refractivity (Wildman–Crippen MR) is 138 cm³/mol. The maximum atomic E-state index is 12.5. The molecule has 3 N–H and O–H groups in total. The van der Waals surface area contributed by atoms with Crippen molar-refractivity contribution in [1.82, 2.24) is 9.88 Å². The summed E-state index contributed by atoms with van der Waals surface area (Å²) in [4.78, 5) is 25.8. The summed E-state index contributed by atoms with van der Waals surface area (Å²) >= 11 is 0. The summed E-state index contributed by atoms with van der Waals surface area (Å²) in [6, 6.07) is 20.2. The van der Waals surface area contributed by atoms with Crippen LogP contribution in [0, 0.1) is 0 Å². The zero-order valence-corrected chi connectivity index (χ0v) is 19.9. The number of unbranched alkanes of at least 4 members (excludes halogenated alkanes) is 1. The number of aromatic nitrogens is 1. The number of anilines is 1. The number of carboxylic acid groups (broad SMARTS) is 1. The second-order valence-corrected chi connectivity index (χ2v) is 8.70. The van der Waals surface area contributed by atoms with E-state index < -0.39 is 5.97 Å². The number of benzene rings is 3. The number of rotatable bonds is 9. The van der Waals surface area contributed by atoms with Gasteiger partial charge in [0.15, 0.2) is 0 Å². The molecule has 35 heavy (non-hydrogen) atoms. The predicted octanol–water partition coefficient (Wildman–Crippen LogP) is 4.99. The number of phenolic OH excluding ortho intramolecular Hbond substituents is 1. The number of fused-ring (bicyclic) bond motifs is 1. The van der Waals surface area contributed by atoms with Crippen molar-refractivity contribution in [2.45, 2.75) is 19.4 Å². The quantitative estimate of drug-likeness (QED) is 0.299. The molecule has 4 aromatic rings. The lowest BCUT2D eigenvalue weighted by Crippen LogP contribution is -2.24. The van der Waals surface area contributed by atoms with Gasteiger partial charge in [-0.25, -0.2) is 4.79 Å². The van der Waals surface area contributed by atoms with Gasteiger partial charge in [-0.3, -0.25) is 4.79 Å². The summed E-state index contributed by atoms with van der Waals surface area (Å²) in [5.74, 6) is -1.31. The minimum absolute atomic E-state index is 0.0461.